The van der Waals surface area contributed by atoms with E-state index in [0.717, 1.165) is 19.1 Å². The Morgan fingerprint density at radius 1 is 1.35 bits per heavy atom. The monoisotopic (exact) mass is 278 g/mol. The minimum Gasteiger partial charge on any atom is -0.371 e. The molecule has 2 fully saturated rings. The maximum Gasteiger partial charge on any atom is 0.257 e. The SMILES string of the molecule is CNc1nccc(C(=O)N2CCN(C3CC3)CC2)c1F. The van der Waals surface area contributed by atoms with Gasteiger partial charge in [0.2, 0.25) is 0 Å². The van der Waals surface area contributed by atoms with Crippen LogP contribution < -0.4 is 5.32 Å². The number of anilines is 1. The topological polar surface area (TPSA) is 48.5 Å². The molecule has 1 aromatic rings. The van der Waals surface area contributed by atoms with Gasteiger partial charge in [0.05, 0.1) is 5.56 Å². The van der Waals surface area contributed by atoms with Gasteiger partial charge in [-0.05, 0) is 18.9 Å². The van der Waals surface area contributed by atoms with E-state index >= 15 is 0 Å². The lowest BCUT2D eigenvalue weighted by molar-refractivity contribution is 0.0622. The van der Waals surface area contributed by atoms with Crippen molar-refractivity contribution >= 4 is 11.7 Å². The van der Waals surface area contributed by atoms with Gasteiger partial charge in [-0.25, -0.2) is 9.37 Å². The standard InChI is InChI=1S/C14H19FN4O/c1-16-13-12(15)11(4-5-17-13)14(20)19-8-6-18(7-9-19)10-2-3-10/h4-5,10H,2-3,6-9H2,1H3,(H,16,17). The van der Waals surface area contributed by atoms with Gasteiger partial charge >= 0.3 is 0 Å². The lowest BCUT2D eigenvalue weighted by Gasteiger charge is -2.34. The Labute approximate surface area is 117 Å². The van der Waals surface area contributed by atoms with Gasteiger partial charge in [-0.15, -0.1) is 0 Å². The van der Waals surface area contributed by atoms with Crippen LogP contribution in [0.2, 0.25) is 0 Å². The molecular formula is C14H19FN4O. The molecule has 20 heavy (non-hydrogen) atoms. The summed E-state index contributed by atoms with van der Waals surface area (Å²) in [6.07, 6.45) is 4.01. The zero-order chi connectivity index (χ0) is 14.1. The summed E-state index contributed by atoms with van der Waals surface area (Å²) in [6, 6.07) is 2.17. The van der Waals surface area contributed by atoms with Gasteiger partial charge in [-0.1, -0.05) is 0 Å². The fourth-order valence-electron chi connectivity index (χ4n) is 2.68. The van der Waals surface area contributed by atoms with Crippen molar-refractivity contribution in [3.63, 3.8) is 0 Å². The van der Waals surface area contributed by atoms with E-state index in [-0.39, 0.29) is 17.3 Å². The predicted molar refractivity (Wildman–Crippen MR) is 74.2 cm³/mol. The number of hydrogen-bond donors (Lipinski definition) is 1. The largest absolute Gasteiger partial charge is 0.371 e. The molecule has 1 aliphatic heterocycles. The first kappa shape index (κ1) is 13.3. The molecule has 0 bridgehead atoms. The van der Waals surface area contributed by atoms with Gasteiger partial charge in [0.1, 0.15) is 0 Å². The summed E-state index contributed by atoms with van der Waals surface area (Å²) in [5, 5.41) is 2.66. The van der Waals surface area contributed by atoms with E-state index in [1.165, 1.54) is 25.1 Å². The van der Waals surface area contributed by atoms with E-state index in [1.54, 1.807) is 11.9 Å². The Morgan fingerprint density at radius 3 is 2.65 bits per heavy atom. The Hall–Kier alpha value is -1.69. The summed E-state index contributed by atoms with van der Waals surface area (Å²) in [4.78, 5) is 20.4. The van der Waals surface area contributed by atoms with Crippen LogP contribution in [0.4, 0.5) is 10.2 Å². The zero-order valence-electron chi connectivity index (χ0n) is 11.6. The summed E-state index contributed by atoms with van der Waals surface area (Å²) in [5.74, 6) is -0.686. The number of pyridine rings is 1. The number of nitrogens with one attached hydrogen (secondary N) is 1. The molecule has 0 unspecified atom stereocenters. The van der Waals surface area contributed by atoms with Gasteiger partial charge in [0, 0.05) is 45.5 Å². The highest BCUT2D eigenvalue weighted by molar-refractivity contribution is 5.95. The van der Waals surface area contributed by atoms with Crippen LogP contribution in [0.1, 0.15) is 23.2 Å². The maximum absolute atomic E-state index is 14.1. The van der Waals surface area contributed by atoms with Crippen molar-refractivity contribution < 1.29 is 9.18 Å². The first-order valence-electron chi connectivity index (χ1n) is 7.06. The zero-order valence-corrected chi connectivity index (χ0v) is 11.6. The highest BCUT2D eigenvalue weighted by Gasteiger charge is 2.33. The second kappa shape index (κ2) is 5.36. The Bertz CT molecular complexity index is 510. The van der Waals surface area contributed by atoms with Crippen molar-refractivity contribution in [2.75, 3.05) is 38.5 Å². The number of carbonyl (C=O) groups is 1. The van der Waals surface area contributed by atoms with Crippen molar-refractivity contribution in [2.45, 2.75) is 18.9 Å². The van der Waals surface area contributed by atoms with Gasteiger partial charge in [-0.2, -0.15) is 0 Å². The third-order valence-electron chi connectivity index (χ3n) is 4.02. The Balaban J connectivity index is 1.70. The maximum atomic E-state index is 14.1. The highest BCUT2D eigenvalue weighted by Crippen LogP contribution is 2.27. The number of amides is 1. The second-order valence-corrected chi connectivity index (χ2v) is 5.33. The van der Waals surface area contributed by atoms with Crippen LogP contribution in [0, 0.1) is 5.82 Å². The molecule has 0 atom stereocenters. The van der Waals surface area contributed by atoms with Gasteiger partial charge in [-0.3, -0.25) is 9.69 Å². The third kappa shape index (κ3) is 2.47. The van der Waals surface area contributed by atoms with Crippen molar-refractivity contribution in [1.29, 1.82) is 0 Å². The molecule has 1 saturated carbocycles. The molecule has 0 spiro atoms. The molecule has 1 saturated heterocycles. The van der Waals surface area contributed by atoms with Crippen LogP contribution in [-0.2, 0) is 0 Å². The van der Waals surface area contributed by atoms with Crippen LogP contribution >= 0.6 is 0 Å². The summed E-state index contributed by atoms with van der Waals surface area (Å²) in [7, 11) is 1.59. The highest BCUT2D eigenvalue weighted by atomic mass is 19.1. The molecule has 1 amide bonds. The quantitative estimate of drug-likeness (QED) is 0.902. The fourth-order valence-corrected chi connectivity index (χ4v) is 2.68. The van der Waals surface area contributed by atoms with E-state index in [1.807, 2.05) is 0 Å². The molecule has 1 N–H and O–H groups in total. The average molecular weight is 278 g/mol. The number of nitrogens with zero attached hydrogens (tertiary/aromatic N) is 3. The van der Waals surface area contributed by atoms with Crippen LogP contribution in [0.5, 0.6) is 0 Å². The van der Waals surface area contributed by atoms with Crippen LogP contribution in [0.25, 0.3) is 0 Å². The van der Waals surface area contributed by atoms with Crippen LogP contribution in [-0.4, -0.2) is 60.0 Å². The first-order chi connectivity index (χ1) is 9.70. The summed E-state index contributed by atoms with van der Waals surface area (Å²) in [5.41, 5.74) is 0.101. The van der Waals surface area contributed by atoms with Crippen molar-refractivity contribution in [3.8, 4) is 0 Å². The molecule has 0 aromatic carbocycles. The Morgan fingerprint density at radius 2 is 2.05 bits per heavy atom. The second-order valence-electron chi connectivity index (χ2n) is 5.33. The first-order valence-corrected chi connectivity index (χ1v) is 7.06. The average Bonchev–Trinajstić information content (AvgIpc) is 3.32. The number of hydrogen-bond acceptors (Lipinski definition) is 4. The Kier molecular flexibility index (Phi) is 3.56. The molecule has 2 heterocycles. The fraction of sp³-hybridized carbons (Fsp3) is 0.571. The van der Waals surface area contributed by atoms with Gasteiger partial charge in [0.25, 0.3) is 5.91 Å². The molecule has 108 valence electrons. The van der Waals surface area contributed by atoms with Crippen LogP contribution in [0.15, 0.2) is 12.3 Å². The number of piperazine rings is 1. The van der Waals surface area contributed by atoms with E-state index in [0.29, 0.717) is 13.1 Å². The van der Waals surface area contributed by atoms with Crippen LogP contribution in [0.3, 0.4) is 0 Å². The molecule has 0 radical (unpaired) electrons. The molecule has 2 aliphatic rings. The molecule has 5 nitrogen and oxygen atoms in total. The number of halogens is 1. The van der Waals surface area contributed by atoms with Crippen molar-refractivity contribution in [2.24, 2.45) is 0 Å². The van der Waals surface area contributed by atoms with Crippen molar-refractivity contribution in [3.05, 3.63) is 23.6 Å². The van der Waals surface area contributed by atoms with E-state index in [4.69, 9.17) is 0 Å². The number of rotatable bonds is 3. The minimum absolute atomic E-state index is 0.101. The molecule has 3 rings (SSSR count). The molecule has 1 aliphatic carbocycles. The summed E-state index contributed by atoms with van der Waals surface area (Å²) < 4.78 is 14.1. The number of carbonyl (C=O) groups excluding carboxylic acids is 1. The molecular weight excluding hydrogens is 259 g/mol. The van der Waals surface area contributed by atoms with Crippen molar-refractivity contribution in [1.82, 2.24) is 14.8 Å². The van der Waals surface area contributed by atoms with Gasteiger partial charge in [0.15, 0.2) is 11.6 Å². The predicted octanol–water partition coefficient (Wildman–Crippen LogP) is 1.18. The lowest BCUT2D eigenvalue weighted by atomic mass is 10.2. The van der Waals surface area contributed by atoms with E-state index < -0.39 is 5.82 Å². The molecule has 6 heteroatoms. The van der Waals surface area contributed by atoms with Gasteiger partial charge < -0.3 is 10.2 Å². The normalized spacial score (nSPS) is 20.0. The smallest absolute Gasteiger partial charge is 0.257 e. The van der Waals surface area contributed by atoms with E-state index in [9.17, 15) is 9.18 Å². The number of aromatic nitrogens is 1. The third-order valence-corrected chi connectivity index (χ3v) is 4.02. The summed E-state index contributed by atoms with van der Waals surface area (Å²) in [6.45, 7) is 3.13. The van der Waals surface area contributed by atoms with E-state index in [2.05, 4.69) is 15.2 Å². The lowest BCUT2D eigenvalue weighted by Crippen LogP contribution is -2.49. The minimum atomic E-state index is -0.565. The summed E-state index contributed by atoms with van der Waals surface area (Å²) >= 11 is 0. The molecule has 1 aromatic heterocycles.